The zero-order valence-corrected chi connectivity index (χ0v) is 7.66. The van der Waals surface area contributed by atoms with Gasteiger partial charge in [-0.15, -0.1) is 6.42 Å². The van der Waals surface area contributed by atoms with Crippen LogP contribution in [0.25, 0.3) is 0 Å². The first kappa shape index (κ1) is 10.2. The molecule has 0 saturated heterocycles. The Morgan fingerprint density at radius 1 is 1.50 bits per heavy atom. The van der Waals surface area contributed by atoms with Crippen LogP contribution in [0.2, 0.25) is 0 Å². The number of terminal acetylenes is 1. The summed E-state index contributed by atoms with van der Waals surface area (Å²) in [6.45, 7) is 0.607. The molecule has 0 radical (unpaired) electrons. The lowest BCUT2D eigenvalue weighted by Gasteiger charge is -2.03. The fourth-order valence-corrected chi connectivity index (χ4v) is 0.889. The molecule has 0 aliphatic rings. The topological polar surface area (TPSA) is 54.0 Å². The van der Waals surface area contributed by atoms with E-state index in [1.165, 1.54) is 0 Å². The Balaban J connectivity index is 2.32. The van der Waals surface area contributed by atoms with Crippen LogP contribution in [-0.2, 0) is 4.79 Å². The molecule has 0 fully saturated rings. The van der Waals surface area contributed by atoms with Gasteiger partial charge in [-0.2, -0.15) is 0 Å². The van der Waals surface area contributed by atoms with Gasteiger partial charge in [-0.05, 0) is 12.1 Å². The van der Waals surface area contributed by atoms with Crippen LogP contribution in [0.5, 0.6) is 0 Å². The van der Waals surface area contributed by atoms with E-state index in [1.54, 1.807) is 24.5 Å². The second-order valence-corrected chi connectivity index (χ2v) is 2.59. The summed E-state index contributed by atoms with van der Waals surface area (Å²) in [7, 11) is 0. The second kappa shape index (κ2) is 5.73. The SMILES string of the molecule is C#CCNCC(=O)Nc1ccncc1. The molecule has 0 bridgehead atoms. The molecule has 4 heteroatoms. The third kappa shape index (κ3) is 3.70. The van der Waals surface area contributed by atoms with Gasteiger partial charge in [-0.1, -0.05) is 5.92 Å². The number of hydrogen-bond acceptors (Lipinski definition) is 3. The van der Waals surface area contributed by atoms with E-state index in [-0.39, 0.29) is 12.5 Å². The van der Waals surface area contributed by atoms with E-state index in [1.807, 2.05) is 0 Å². The third-order valence-corrected chi connectivity index (χ3v) is 1.48. The largest absolute Gasteiger partial charge is 0.325 e. The zero-order valence-electron chi connectivity index (χ0n) is 7.66. The lowest BCUT2D eigenvalue weighted by atomic mass is 10.4. The van der Waals surface area contributed by atoms with Gasteiger partial charge in [0.1, 0.15) is 0 Å². The number of hydrogen-bond donors (Lipinski definition) is 2. The number of carbonyl (C=O) groups is 1. The van der Waals surface area contributed by atoms with Gasteiger partial charge in [0.15, 0.2) is 0 Å². The van der Waals surface area contributed by atoms with E-state index in [2.05, 4.69) is 21.5 Å². The molecule has 0 spiro atoms. The predicted octanol–water partition coefficient (Wildman–Crippen LogP) is 0.243. The minimum atomic E-state index is -0.119. The van der Waals surface area contributed by atoms with Gasteiger partial charge in [0.25, 0.3) is 0 Å². The lowest BCUT2D eigenvalue weighted by molar-refractivity contribution is -0.115. The normalized spacial score (nSPS) is 9.07. The molecule has 0 saturated carbocycles. The molecule has 1 aromatic rings. The van der Waals surface area contributed by atoms with Crippen molar-refractivity contribution in [2.24, 2.45) is 0 Å². The van der Waals surface area contributed by atoms with Gasteiger partial charge in [-0.25, -0.2) is 0 Å². The van der Waals surface area contributed by atoms with Crippen molar-refractivity contribution in [2.75, 3.05) is 18.4 Å². The minimum Gasteiger partial charge on any atom is -0.325 e. The molecule has 1 heterocycles. The number of pyridine rings is 1. The monoisotopic (exact) mass is 189 g/mol. The molecule has 0 aliphatic heterocycles. The van der Waals surface area contributed by atoms with E-state index in [0.29, 0.717) is 6.54 Å². The average molecular weight is 189 g/mol. The Hall–Kier alpha value is -1.86. The highest BCUT2D eigenvalue weighted by Gasteiger charge is 1.99. The molecule has 0 aromatic carbocycles. The van der Waals surface area contributed by atoms with Crippen molar-refractivity contribution >= 4 is 11.6 Å². The highest BCUT2D eigenvalue weighted by Crippen LogP contribution is 2.01. The molecule has 0 unspecified atom stereocenters. The minimum absolute atomic E-state index is 0.119. The quantitative estimate of drug-likeness (QED) is 0.527. The molecule has 2 N–H and O–H groups in total. The number of anilines is 1. The summed E-state index contributed by atoms with van der Waals surface area (Å²) in [5.74, 6) is 2.27. The number of aromatic nitrogens is 1. The summed E-state index contributed by atoms with van der Waals surface area (Å²) in [5.41, 5.74) is 0.729. The molecular formula is C10H11N3O. The Morgan fingerprint density at radius 3 is 2.86 bits per heavy atom. The molecule has 1 rings (SSSR count). The van der Waals surface area contributed by atoms with Crippen molar-refractivity contribution < 1.29 is 4.79 Å². The Kier molecular flexibility index (Phi) is 4.18. The summed E-state index contributed by atoms with van der Waals surface area (Å²) >= 11 is 0. The van der Waals surface area contributed by atoms with Crippen molar-refractivity contribution in [1.29, 1.82) is 0 Å². The average Bonchev–Trinajstić information content (AvgIpc) is 2.20. The van der Waals surface area contributed by atoms with E-state index in [9.17, 15) is 4.79 Å². The third-order valence-electron chi connectivity index (χ3n) is 1.48. The molecule has 72 valence electrons. The standard InChI is InChI=1S/C10H11N3O/c1-2-5-12-8-10(14)13-9-3-6-11-7-4-9/h1,3-4,6-7,12H,5,8H2,(H,11,13,14). The summed E-state index contributed by atoms with van der Waals surface area (Å²) in [6, 6.07) is 3.44. The molecule has 0 atom stereocenters. The van der Waals surface area contributed by atoms with Crippen molar-refractivity contribution in [2.45, 2.75) is 0 Å². The number of nitrogens with zero attached hydrogens (tertiary/aromatic N) is 1. The predicted molar refractivity (Wildman–Crippen MR) is 54.6 cm³/mol. The molecule has 4 nitrogen and oxygen atoms in total. The van der Waals surface area contributed by atoms with Gasteiger partial charge in [-0.3, -0.25) is 15.1 Å². The van der Waals surface area contributed by atoms with Crippen LogP contribution in [0.1, 0.15) is 0 Å². The number of nitrogens with one attached hydrogen (secondary N) is 2. The number of carbonyl (C=O) groups excluding carboxylic acids is 1. The van der Waals surface area contributed by atoms with E-state index in [0.717, 1.165) is 5.69 Å². The van der Waals surface area contributed by atoms with Crippen molar-refractivity contribution in [3.63, 3.8) is 0 Å². The highest BCUT2D eigenvalue weighted by atomic mass is 16.1. The maximum atomic E-state index is 11.2. The summed E-state index contributed by atoms with van der Waals surface area (Å²) in [5, 5.41) is 5.48. The molecule has 1 amide bonds. The van der Waals surface area contributed by atoms with Crippen LogP contribution in [0, 0.1) is 12.3 Å². The van der Waals surface area contributed by atoms with Crippen LogP contribution in [-0.4, -0.2) is 24.0 Å². The van der Waals surface area contributed by atoms with Gasteiger partial charge in [0.2, 0.25) is 5.91 Å². The first-order chi connectivity index (χ1) is 6.83. The first-order valence-electron chi connectivity index (χ1n) is 4.17. The highest BCUT2D eigenvalue weighted by molar-refractivity contribution is 5.92. The number of rotatable bonds is 4. The van der Waals surface area contributed by atoms with Gasteiger partial charge in [0, 0.05) is 18.1 Å². The van der Waals surface area contributed by atoms with Crippen molar-refractivity contribution in [3.8, 4) is 12.3 Å². The van der Waals surface area contributed by atoms with E-state index >= 15 is 0 Å². The lowest BCUT2D eigenvalue weighted by Crippen LogP contribution is -2.28. The van der Waals surface area contributed by atoms with Crippen LogP contribution < -0.4 is 10.6 Å². The number of amides is 1. The maximum absolute atomic E-state index is 11.2. The second-order valence-electron chi connectivity index (χ2n) is 2.59. The maximum Gasteiger partial charge on any atom is 0.238 e. The molecular weight excluding hydrogens is 178 g/mol. The van der Waals surface area contributed by atoms with Gasteiger partial charge < -0.3 is 5.32 Å². The van der Waals surface area contributed by atoms with Gasteiger partial charge in [0.05, 0.1) is 13.1 Å². The van der Waals surface area contributed by atoms with E-state index < -0.39 is 0 Å². The summed E-state index contributed by atoms with van der Waals surface area (Å²) in [6.07, 6.45) is 8.25. The Morgan fingerprint density at radius 2 is 2.21 bits per heavy atom. The Bertz CT molecular complexity index is 329. The van der Waals surface area contributed by atoms with Crippen LogP contribution in [0.15, 0.2) is 24.5 Å². The fraction of sp³-hybridized carbons (Fsp3) is 0.200. The smallest absolute Gasteiger partial charge is 0.238 e. The Labute approximate surface area is 82.7 Å². The van der Waals surface area contributed by atoms with Gasteiger partial charge >= 0.3 is 0 Å². The van der Waals surface area contributed by atoms with Crippen LogP contribution in [0.3, 0.4) is 0 Å². The first-order valence-corrected chi connectivity index (χ1v) is 4.17. The van der Waals surface area contributed by atoms with E-state index in [4.69, 9.17) is 6.42 Å². The van der Waals surface area contributed by atoms with Crippen molar-refractivity contribution in [3.05, 3.63) is 24.5 Å². The summed E-state index contributed by atoms with van der Waals surface area (Å²) in [4.78, 5) is 15.1. The fourth-order valence-electron chi connectivity index (χ4n) is 0.889. The molecule has 1 aromatic heterocycles. The summed E-state index contributed by atoms with van der Waals surface area (Å²) < 4.78 is 0. The van der Waals surface area contributed by atoms with Crippen molar-refractivity contribution in [1.82, 2.24) is 10.3 Å². The molecule has 0 aliphatic carbocycles. The van der Waals surface area contributed by atoms with Crippen LogP contribution >= 0.6 is 0 Å². The van der Waals surface area contributed by atoms with Crippen LogP contribution in [0.4, 0.5) is 5.69 Å². The zero-order chi connectivity index (χ0) is 10.2. The molecule has 14 heavy (non-hydrogen) atoms.